The third-order valence-electron chi connectivity index (χ3n) is 8.36. The maximum atomic E-state index is 2.82. The Bertz CT molecular complexity index is 596. The van der Waals surface area contributed by atoms with Crippen LogP contribution in [0.3, 0.4) is 0 Å². The van der Waals surface area contributed by atoms with Gasteiger partial charge in [0.1, 0.15) is 0 Å². The monoisotopic (exact) mass is 710 g/mol. The van der Waals surface area contributed by atoms with E-state index in [4.69, 9.17) is 0 Å². The van der Waals surface area contributed by atoms with Gasteiger partial charge in [-0.1, -0.05) is 0 Å². The molecular formula is C34H62Sn2. The summed E-state index contributed by atoms with van der Waals surface area (Å²) in [4.78, 5) is 0. The van der Waals surface area contributed by atoms with Gasteiger partial charge >= 0.3 is 238 Å². The molecule has 206 valence electrons. The molecule has 0 aliphatic carbocycles. The number of hydrogen-bond acceptors (Lipinski definition) is 0. The van der Waals surface area contributed by atoms with Crippen LogP contribution >= 0.6 is 0 Å². The maximum absolute atomic E-state index is 2.82. The first-order valence-electron chi connectivity index (χ1n) is 16.0. The van der Waals surface area contributed by atoms with Crippen molar-refractivity contribution in [3.8, 4) is 0 Å². The van der Waals surface area contributed by atoms with Crippen molar-refractivity contribution in [3.05, 3.63) is 43.6 Å². The Kier molecular flexibility index (Phi) is 20.2. The van der Waals surface area contributed by atoms with E-state index in [1.165, 1.54) is 88.2 Å². The third kappa shape index (κ3) is 13.9. The van der Waals surface area contributed by atoms with Crippen LogP contribution in [-0.4, -0.2) is 36.8 Å². The summed E-state index contributed by atoms with van der Waals surface area (Å²) in [6.45, 7) is 14.2. The molecule has 0 saturated heterocycles. The van der Waals surface area contributed by atoms with Gasteiger partial charge in [-0.15, -0.1) is 0 Å². The van der Waals surface area contributed by atoms with E-state index in [0.29, 0.717) is 0 Å². The molecule has 0 bridgehead atoms. The van der Waals surface area contributed by atoms with Crippen molar-refractivity contribution in [2.75, 3.05) is 0 Å². The van der Waals surface area contributed by atoms with Gasteiger partial charge in [-0.25, -0.2) is 0 Å². The Morgan fingerprint density at radius 2 is 0.639 bits per heavy atom. The second-order valence-electron chi connectivity index (χ2n) is 11.7. The molecule has 0 nitrogen and oxygen atoms in total. The fourth-order valence-electron chi connectivity index (χ4n) is 5.69. The molecule has 0 fully saturated rings. The van der Waals surface area contributed by atoms with Gasteiger partial charge in [0.2, 0.25) is 0 Å². The van der Waals surface area contributed by atoms with Crippen molar-refractivity contribution >= 4 is 48.9 Å². The van der Waals surface area contributed by atoms with Crippen LogP contribution in [0.15, 0.2) is 32.4 Å². The number of hydrogen-bond donors (Lipinski definition) is 0. The van der Waals surface area contributed by atoms with Crippen LogP contribution in [0, 0.1) is 0 Å². The second kappa shape index (κ2) is 21.2. The molecular weight excluding hydrogens is 646 g/mol. The summed E-state index contributed by atoms with van der Waals surface area (Å²) < 4.78 is 15.0. The third-order valence-corrected chi connectivity index (χ3v) is 36.5. The molecule has 36 heavy (non-hydrogen) atoms. The standard InChI is InChI=1S/C10H8.6C4H9.2Sn/c1-3-9-5-7-10(4-2)8-6-9;6*1-3-4-2;;/h1-8H;6*1,3-4H2,2H3;;. The summed E-state index contributed by atoms with van der Waals surface area (Å²) in [5, 5.41) is 0. The predicted molar refractivity (Wildman–Crippen MR) is 174 cm³/mol. The summed E-state index contributed by atoms with van der Waals surface area (Å²) in [5.41, 5.74) is 2.85. The zero-order valence-corrected chi connectivity index (χ0v) is 31.1. The van der Waals surface area contributed by atoms with Gasteiger partial charge < -0.3 is 0 Å². The molecule has 0 unspecified atom stereocenters. The summed E-state index contributed by atoms with van der Waals surface area (Å²) >= 11 is -4.40. The fourth-order valence-corrected chi connectivity index (χ4v) is 34.1. The quantitative estimate of drug-likeness (QED) is 0.105. The SMILES string of the molecule is CCC[CH2][Sn](/[CH]=C/c1ccc(/C=[CH]/[Sn]([CH2]CCC)([CH2]CCC)[CH2]CCC)cc1)([CH2]CCC)[CH2]CCC. The molecule has 0 aliphatic rings. The number of benzene rings is 1. The molecule has 0 N–H and O–H groups in total. The first kappa shape index (κ1) is 34.3. The first-order valence-corrected chi connectivity index (χ1v) is 31.4. The summed E-state index contributed by atoms with van der Waals surface area (Å²) in [6.07, 6.45) is 21.9. The molecule has 0 heterocycles. The van der Waals surface area contributed by atoms with Gasteiger partial charge in [0, 0.05) is 0 Å². The number of unbranched alkanes of at least 4 members (excludes halogenated alkanes) is 6. The van der Waals surface area contributed by atoms with Gasteiger partial charge in [-0.2, -0.15) is 0 Å². The van der Waals surface area contributed by atoms with Crippen LogP contribution in [0.2, 0.25) is 26.6 Å². The van der Waals surface area contributed by atoms with Crippen molar-refractivity contribution in [2.45, 2.75) is 145 Å². The molecule has 0 amide bonds. The molecule has 0 atom stereocenters. The average Bonchev–Trinajstić information content (AvgIpc) is 2.92. The van der Waals surface area contributed by atoms with E-state index in [-0.39, 0.29) is 0 Å². The van der Waals surface area contributed by atoms with E-state index in [1.54, 1.807) is 26.6 Å². The molecule has 0 radical (unpaired) electrons. The first-order chi connectivity index (χ1) is 17.5. The summed E-state index contributed by atoms with van der Waals surface area (Å²) in [7, 11) is 0. The van der Waals surface area contributed by atoms with Crippen molar-refractivity contribution in [1.82, 2.24) is 0 Å². The van der Waals surface area contributed by atoms with Crippen LogP contribution < -0.4 is 0 Å². The zero-order valence-electron chi connectivity index (χ0n) is 25.3. The van der Waals surface area contributed by atoms with Gasteiger partial charge in [0.05, 0.1) is 0 Å². The van der Waals surface area contributed by atoms with Gasteiger partial charge in [-0.05, 0) is 0 Å². The normalized spacial score (nSPS) is 12.8. The van der Waals surface area contributed by atoms with E-state index < -0.39 is 36.8 Å². The van der Waals surface area contributed by atoms with Crippen LogP contribution in [0.1, 0.15) is 130 Å². The molecule has 0 aromatic heterocycles. The van der Waals surface area contributed by atoms with Crippen LogP contribution in [0.5, 0.6) is 0 Å². The van der Waals surface area contributed by atoms with Crippen LogP contribution in [0.25, 0.3) is 12.2 Å². The Morgan fingerprint density at radius 3 is 0.833 bits per heavy atom. The minimum absolute atomic E-state index is 1.35. The topological polar surface area (TPSA) is 0 Å². The molecule has 0 saturated carbocycles. The van der Waals surface area contributed by atoms with E-state index in [1.807, 2.05) is 0 Å². The van der Waals surface area contributed by atoms with Crippen molar-refractivity contribution in [3.63, 3.8) is 0 Å². The Labute approximate surface area is 236 Å². The molecule has 0 aliphatic heterocycles. The predicted octanol–water partition coefficient (Wildman–Crippen LogP) is 12.5. The van der Waals surface area contributed by atoms with Gasteiger partial charge in [0.15, 0.2) is 0 Å². The fraction of sp³-hybridized carbons (Fsp3) is 0.706. The summed E-state index contributed by atoms with van der Waals surface area (Å²) in [5.74, 6) is 0. The second-order valence-corrected chi connectivity index (χ2v) is 37.7. The Morgan fingerprint density at radius 1 is 0.417 bits per heavy atom. The molecule has 1 rings (SSSR count). The molecule has 2 heteroatoms. The molecule has 1 aromatic rings. The Hall–Kier alpha value is 0.297. The van der Waals surface area contributed by atoms with E-state index in [2.05, 4.69) is 86.1 Å². The number of rotatable bonds is 22. The van der Waals surface area contributed by atoms with E-state index in [9.17, 15) is 0 Å². The van der Waals surface area contributed by atoms with Gasteiger partial charge in [0.25, 0.3) is 0 Å². The van der Waals surface area contributed by atoms with E-state index in [0.717, 1.165) is 0 Å². The van der Waals surface area contributed by atoms with Crippen LogP contribution in [0.4, 0.5) is 0 Å². The minimum atomic E-state index is -2.20. The molecule has 0 spiro atoms. The van der Waals surface area contributed by atoms with Gasteiger partial charge in [-0.3, -0.25) is 0 Å². The summed E-state index contributed by atoms with van der Waals surface area (Å²) in [6, 6.07) is 9.59. The van der Waals surface area contributed by atoms with Crippen LogP contribution in [-0.2, 0) is 0 Å². The van der Waals surface area contributed by atoms with Crippen molar-refractivity contribution < 1.29 is 0 Å². The average molecular weight is 708 g/mol. The van der Waals surface area contributed by atoms with E-state index >= 15 is 0 Å². The Balaban J connectivity index is 3.07. The van der Waals surface area contributed by atoms with Crippen molar-refractivity contribution in [1.29, 1.82) is 0 Å². The zero-order chi connectivity index (χ0) is 26.5. The van der Waals surface area contributed by atoms with Crippen molar-refractivity contribution in [2.24, 2.45) is 0 Å². The molecule has 1 aromatic carbocycles.